The minimum atomic E-state index is 0.806. The van der Waals surface area contributed by atoms with Crippen molar-refractivity contribution in [2.45, 2.75) is 13.3 Å². The van der Waals surface area contributed by atoms with Crippen LogP contribution < -0.4 is 0 Å². The molecule has 0 amide bonds. The van der Waals surface area contributed by atoms with Crippen LogP contribution in [0.15, 0.2) is 24.3 Å². The summed E-state index contributed by atoms with van der Waals surface area (Å²) in [7, 11) is 1.84. The van der Waals surface area contributed by atoms with Gasteiger partial charge in [-0.2, -0.15) is 0 Å². The van der Waals surface area contributed by atoms with Gasteiger partial charge in [0, 0.05) is 12.6 Å². The molecule has 14 heavy (non-hydrogen) atoms. The maximum Gasteiger partial charge on any atom is 0.181 e. The maximum atomic E-state index is 3.96. The summed E-state index contributed by atoms with van der Waals surface area (Å²) in [6, 6.07) is 8.27. The zero-order chi connectivity index (χ0) is 9.97. The first-order valence-corrected chi connectivity index (χ1v) is 4.63. The lowest BCUT2D eigenvalue weighted by Gasteiger charge is -2.01. The molecule has 0 bridgehead atoms. The summed E-state index contributed by atoms with van der Waals surface area (Å²) >= 11 is 0. The van der Waals surface area contributed by atoms with Crippen LogP contribution in [0.4, 0.5) is 0 Å². The van der Waals surface area contributed by atoms with Crippen molar-refractivity contribution in [3.05, 3.63) is 29.8 Å². The molecule has 0 saturated carbocycles. The number of hydrogen-bond acceptors (Lipinski definition) is 3. The Labute approximate surface area is 82.6 Å². The summed E-state index contributed by atoms with van der Waals surface area (Å²) in [6.45, 7) is 2.13. The topological polar surface area (TPSA) is 43.6 Å². The van der Waals surface area contributed by atoms with Crippen LogP contribution >= 0.6 is 0 Å². The third-order valence-corrected chi connectivity index (χ3v) is 2.21. The van der Waals surface area contributed by atoms with Gasteiger partial charge < -0.3 is 0 Å². The molecule has 0 atom stereocenters. The summed E-state index contributed by atoms with van der Waals surface area (Å²) in [5.74, 6) is 0.806. The van der Waals surface area contributed by atoms with Crippen molar-refractivity contribution in [2.75, 3.05) is 0 Å². The zero-order valence-corrected chi connectivity index (χ0v) is 8.31. The van der Waals surface area contributed by atoms with E-state index in [-0.39, 0.29) is 0 Å². The van der Waals surface area contributed by atoms with Crippen molar-refractivity contribution in [3.63, 3.8) is 0 Å². The van der Waals surface area contributed by atoms with Crippen molar-refractivity contribution in [1.29, 1.82) is 0 Å². The van der Waals surface area contributed by atoms with Gasteiger partial charge in [0.25, 0.3) is 0 Å². The zero-order valence-electron chi connectivity index (χ0n) is 8.31. The molecule has 0 aliphatic heterocycles. The molecule has 1 aromatic heterocycles. The standard InChI is InChI=1S/C10H12N4/c1-3-8-5-4-6-9(7-8)10-11-12-13-14(10)2/h4-7H,3H2,1-2H3. The Morgan fingerprint density at radius 2 is 2.21 bits per heavy atom. The Balaban J connectivity index is 2.47. The molecule has 0 radical (unpaired) electrons. The quantitative estimate of drug-likeness (QED) is 0.716. The Bertz CT molecular complexity index is 433. The first-order valence-electron chi connectivity index (χ1n) is 4.63. The smallest absolute Gasteiger partial charge is 0.181 e. The summed E-state index contributed by atoms with van der Waals surface area (Å²) in [5.41, 5.74) is 2.36. The SMILES string of the molecule is CCc1cccc(-c2nnnn2C)c1. The molecule has 0 fully saturated rings. The van der Waals surface area contributed by atoms with Gasteiger partial charge >= 0.3 is 0 Å². The number of rotatable bonds is 2. The summed E-state index contributed by atoms with van der Waals surface area (Å²) in [4.78, 5) is 0. The molecule has 4 nitrogen and oxygen atoms in total. The molecule has 2 rings (SSSR count). The highest BCUT2D eigenvalue weighted by Gasteiger charge is 2.04. The highest BCUT2D eigenvalue weighted by Crippen LogP contribution is 2.16. The second-order valence-electron chi connectivity index (χ2n) is 3.18. The molecule has 0 aliphatic rings. The lowest BCUT2D eigenvalue weighted by molar-refractivity contribution is 0.714. The summed E-state index contributed by atoms with van der Waals surface area (Å²) < 4.78 is 1.68. The van der Waals surface area contributed by atoms with Crippen LogP contribution in [0.5, 0.6) is 0 Å². The van der Waals surface area contributed by atoms with Gasteiger partial charge in [0.1, 0.15) is 0 Å². The van der Waals surface area contributed by atoms with E-state index in [0.717, 1.165) is 17.8 Å². The fourth-order valence-electron chi connectivity index (χ4n) is 1.40. The van der Waals surface area contributed by atoms with Gasteiger partial charge in [0.05, 0.1) is 0 Å². The molecule has 0 unspecified atom stereocenters. The van der Waals surface area contributed by atoms with Crippen molar-refractivity contribution in [2.24, 2.45) is 7.05 Å². The number of aryl methyl sites for hydroxylation is 2. The lowest BCUT2D eigenvalue weighted by atomic mass is 10.1. The second-order valence-corrected chi connectivity index (χ2v) is 3.18. The normalized spacial score (nSPS) is 10.4. The highest BCUT2D eigenvalue weighted by molar-refractivity contribution is 5.55. The van der Waals surface area contributed by atoms with Crippen LogP contribution in [0.2, 0.25) is 0 Å². The van der Waals surface area contributed by atoms with Crippen molar-refractivity contribution < 1.29 is 0 Å². The number of hydrogen-bond donors (Lipinski definition) is 0. The average molecular weight is 188 g/mol. The van der Waals surface area contributed by atoms with E-state index in [4.69, 9.17) is 0 Å². The molecule has 1 aromatic carbocycles. The van der Waals surface area contributed by atoms with Gasteiger partial charge in [-0.1, -0.05) is 25.1 Å². The van der Waals surface area contributed by atoms with E-state index < -0.39 is 0 Å². The predicted molar refractivity (Wildman–Crippen MR) is 53.6 cm³/mol. The molecule has 0 saturated heterocycles. The van der Waals surface area contributed by atoms with Crippen LogP contribution in [0.3, 0.4) is 0 Å². The van der Waals surface area contributed by atoms with E-state index in [1.54, 1.807) is 4.68 Å². The molecular formula is C10H12N4. The summed E-state index contributed by atoms with van der Waals surface area (Å²) in [5, 5.41) is 11.4. The van der Waals surface area contributed by atoms with Gasteiger partial charge in [-0.25, -0.2) is 4.68 Å². The largest absolute Gasteiger partial charge is 0.229 e. The van der Waals surface area contributed by atoms with Crippen LogP contribution in [-0.4, -0.2) is 20.2 Å². The predicted octanol–water partition coefficient (Wildman–Crippen LogP) is 1.44. The minimum Gasteiger partial charge on any atom is -0.229 e. The fourth-order valence-corrected chi connectivity index (χ4v) is 1.40. The first kappa shape index (κ1) is 8.87. The van der Waals surface area contributed by atoms with E-state index in [0.29, 0.717) is 0 Å². The van der Waals surface area contributed by atoms with E-state index in [1.807, 2.05) is 19.2 Å². The van der Waals surface area contributed by atoms with Crippen molar-refractivity contribution in [3.8, 4) is 11.4 Å². The number of aromatic nitrogens is 4. The van der Waals surface area contributed by atoms with E-state index in [9.17, 15) is 0 Å². The van der Waals surface area contributed by atoms with Crippen LogP contribution in [0, 0.1) is 0 Å². The lowest BCUT2D eigenvalue weighted by Crippen LogP contribution is -1.94. The molecule has 0 N–H and O–H groups in total. The van der Waals surface area contributed by atoms with Gasteiger partial charge in [-0.3, -0.25) is 0 Å². The van der Waals surface area contributed by atoms with Crippen molar-refractivity contribution in [1.82, 2.24) is 20.2 Å². The van der Waals surface area contributed by atoms with Crippen molar-refractivity contribution >= 4 is 0 Å². The Hall–Kier alpha value is -1.71. The monoisotopic (exact) mass is 188 g/mol. The molecular weight excluding hydrogens is 176 g/mol. The molecule has 0 aliphatic carbocycles. The molecule has 72 valence electrons. The molecule has 2 aromatic rings. The van der Waals surface area contributed by atoms with Crippen LogP contribution in [0.1, 0.15) is 12.5 Å². The van der Waals surface area contributed by atoms with E-state index in [2.05, 4.69) is 34.6 Å². The first-order chi connectivity index (χ1) is 6.81. The third kappa shape index (κ3) is 1.51. The van der Waals surface area contributed by atoms with Gasteiger partial charge in [0.15, 0.2) is 5.82 Å². The summed E-state index contributed by atoms with van der Waals surface area (Å²) in [6.07, 6.45) is 1.03. The second kappa shape index (κ2) is 3.57. The Kier molecular flexibility index (Phi) is 2.26. The van der Waals surface area contributed by atoms with Gasteiger partial charge in [0.2, 0.25) is 0 Å². The Morgan fingerprint density at radius 1 is 1.36 bits per heavy atom. The molecule has 4 heteroatoms. The van der Waals surface area contributed by atoms with Crippen LogP contribution in [-0.2, 0) is 13.5 Å². The third-order valence-electron chi connectivity index (χ3n) is 2.21. The van der Waals surface area contributed by atoms with Crippen LogP contribution in [0.25, 0.3) is 11.4 Å². The number of nitrogens with zero attached hydrogens (tertiary/aromatic N) is 4. The Morgan fingerprint density at radius 3 is 2.86 bits per heavy atom. The van der Waals surface area contributed by atoms with E-state index in [1.165, 1.54) is 5.56 Å². The number of tetrazole rings is 1. The molecule has 1 heterocycles. The average Bonchev–Trinajstić information content (AvgIpc) is 2.65. The fraction of sp³-hybridized carbons (Fsp3) is 0.300. The van der Waals surface area contributed by atoms with Gasteiger partial charge in [-0.05, 0) is 28.5 Å². The van der Waals surface area contributed by atoms with E-state index >= 15 is 0 Å². The maximum absolute atomic E-state index is 3.96. The van der Waals surface area contributed by atoms with Gasteiger partial charge in [-0.15, -0.1) is 5.10 Å². The minimum absolute atomic E-state index is 0.806. The molecule has 0 spiro atoms. The highest BCUT2D eigenvalue weighted by atomic mass is 15.5. The number of benzene rings is 1.